The zero-order chi connectivity index (χ0) is 16.5. The first-order valence-corrected chi connectivity index (χ1v) is 7.56. The number of hydrogen-bond acceptors (Lipinski definition) is 6. The molecule has 23 heavy (non-hydrogen) atoms. The van der Waals surface area contributed by atoms with E-state index < -0.39 is 23.5 Å². The van der Waals surface area contributed by atoms with Crippen molar-refractivity contribution in [1.29, 1.82) is 0 Å². The molecule has 11 heteroatoms. The fourth-order valence-corrected chi connectivity index (χ4v) is 3.86. The van der Waals surface area contributed by atoms with Gasteiger partial charge in [-0.1, -0.05) is 0 Å². The number of carbonyl (C=O) groups excluding carboxylic acids is 3. The third-order valence-corrected chi connectivity index (χ3v) is 5.27. The Hall–Kier alpha value is -0.970. The number of ether oxygens (including phenoxy) is 1. The topological polar surface area (TPSA) is 116 Å². The molecule has 124 valence electrons. The van der Waals surface area contributed by atoms with Gasteiger partial charge in [0.1, 0.15) is 23.4 Å². The molecule has 3 atom stereocenters. The van der Waals surface area contributed by atoms with E-state index >= 15 is 0 Å². The van der Waals surface area contributed by atoms with E-state index in [4.69, 9.17) is 4.74 Å². The molecule has 0 aromatic heterocycles. The van der Waals surface area contributed by atoms with Crippen molar-refractivity contribution >= 4 is 36.1 Å². The smallest absolute Gasteiger partial charge is 1.00 e. The first-order chi connectivity index (χ1) is 10.3. The number of amides is 3. The SMILES string of the molecule is CN(C)C(=O)OCC1(C(=O)O)CS[C@@H]2C(NC=O)C(=O)N2C1.[H-].[Na+]. The van der Waals surface area contributed by atoms with Gasteiger partial charge >= 0.3 is 41.6 Å². The molecule has 2 aliphatic heterocycles. The number of β-lactam (4-membered cyclic amide) rings is 1. The van der Waals surface area contributed by atoms with Gasteiger partial charge in [0.2, 0.25) is 12.3 Å². The molecule has 2 unspecified atom stereocenters. The first-order valence-electron chi connectivity index (χ1n) is 6.51. The predicted octanol–water partition coefficient (Wildman–Crippen LogP) is -4.10. The van der Waals surface area contributed by atoms with Gasteiger partial charge < -0.3 is 26.4 Å². The van der Waals surface area contributed by atoms with Gasteiger partial charge in [0.25, 0.3) is 0 Å². The van der Waals surface area contributed by atoms with E-state index in [0.29, 0.717) is 6.41 Å². The van der Waals surface area contributed by atoms with Crippen LogP contribution in [0, 0.1) is 5.41 Å². The molecule has 0 aromatic rings. The number of carbonyl (C=O) groups is 4. The molecule has 0 aromatic carbocycles. The summed E-state index contributed by atoms with van der Waals surface area (Å²) in [7, 11) is 2.99. The van der Waals surface area contributed by atoms with Gasteiger partial charge in [-0.3, -0.25) is 14.4 Å². The van der Waals surface area contributed by atoms with Gasteiger partial charge in [0, 0.05) is 26.4 Å². The van der Waals surface area contributed by atoms with Gasteiger partial charge in [0.15, 0.2) is 0 Å². The van der Waals surface area contributed by atoms with Gasteiger partial charge in [-0.05, 0) is 0 Å². The molecule has 3 amide bonds. The number of thioether (sulfide) groups is 1. The summed E-state index contributed by atoms with van der Waals surface area (Å²) in [6, 6.07) is -0.612. The Kier molecular flexibility index (Phi) is 6.75. The standard InChI is InChI=1S/C12H17N3O6S.Na.H/c1-14(2)11(20)21-4-12(10(18)19)3-15-8(17)7(13-6-16)9(15)22-5-12;;/h6-7,9H,3-5H2,1-2H3,(H,13,16)(H,18,19);;/q;+1;-1/t7?,9-,12?;;/m1../s1. The Balaban J connectivity index is 0.00000264. The van der Waals surface area contributed by atoms with E-state index in [1.807, 2.05) is 0 Å². The van der Waals surface area contributed by atoms with E-state index in [0.717, 1.165) is 0 Å². The van der Waals surface area contributed by atoms with Crippen molar-refractivity contribution in [2.75, 3.05) is 33.0 Å². The Morgan fingerprint density at radius 3 is 2.78 bits per heavy atom. The molecule has 2 saturated heterocycles. The van der Waals surface area contributed by atoms with Crippen molar-refractivity contribution in [3.05, 3.63) is 0 Å². The molecule has 0 aliphatic carbocycles. The number of fused-ring (bicyclic) bond motifs is 1. The maximum atomic E-state index is 11.9. The van der Waals surface area contributed by atoms with Crippen LogP contribution in [-0.4, -0.2) is 83.7 Å². The number of nitrogens with one attached hydrogen (secondary N) is 1. The number of rotatable bonds is 5. The molecular weight excluding hydrogens is 337 g/mol. The summed E-state index contributed by atoms with van der Waals surface area (Å²) in [4.78, 5) is 48.1. The third kappa shape index (κ3) is 3.76. The molecule has 2 rings (SSSR count). The summed E-state index contributed by atoms with van der Waals surface area (Å²) < 4.78 is 5.01. The van der Waals surface area contributed by atoms with E-state index in [1.165, 1.54) is 35.7 Å². The molecule has 9 nitrogen and oxygen atoms in total. The fourth-order valence-electron chi connectivity index (χ4n) is 2.33. The molecule has 2 fully saturated rings. The van der Waals surface area contributed by atoms with Crippen molar-refractivity contribution < 1.29 is 60.0 Å². The molecular formula is C12H18N3NaO6S. The van der Waals surface area contributed by atoms with Crippen LogP contribution >= 0.6 is 11.8 Å². The summed E-state index contributed by atoms with van der Waals surface area (Å²) in [5.41, 5.74) is -1.34. The second-order valence-corrected chi connectivity index (χ2v) is 6.57. The quantitative estimate of drug-likeness (QED) is 0.293. The minimum atomic E-state index is -1.34. The zero-order valence-electron chi connectivity index (χ0n) is 14.1. The van der Waals surface area contributed by atoms with E-state index in [-0.39, 0.29) is 61.2 Å². The van der Waals surface area contributed by atoms with Gasteiger partial charge in [-0.2, -0.15) is 0 Å². The fraction of sp³-hybridized carbons (Fsp3) is 0.667. The van der Waals surface area contributed by atoms with Crippen molar-refractivity contribution in [3.63, 3.8) is 0 Å². The van der Waals surface area contributed by atoms with Crippen molar-refractivity contribution in [2.45, 2.75) is 11.4 Å². The van der Waals surface area contributed by atoms with Gasteiger partial charge in [-0.15, -0.1) is 11.8 Å². The number of aliphatic carboxylic acids is 1. The predicted molar refractivity (Wildman–Crippen MR) is 77.2 cm³/mol. The van der Waals surface area contributed by atoms with Gasteiger partial charge in [-0.25, -0.2) is 4.79 Å². The van der Waals surface area contributed by atoms with E-state index in [2.05, 4.69) is 5.32 Å². The Labute approximate surface area is 160 Å². The average Bonchev–Trinajstić information content (AvgIpc) is 2.49. The van der Waals surface area contributed by atoms with Crippen LogP contribution in [0.1, 0.15) is 1.43 Å². The van der Waals surface area contributed by atoms with Crippen molar-refractivity contribution in [1.82, 2.24) is 15.1 Å². The monoisotopic (exact) mass is 355 g/mol. The van der Waals surface area contributed by atoms with Crippen molar-refractivity contribution in [2.24, 2.45) is 5.41 Å². The minimum absolute atomic E-state index is 0. The summed E-state index contributed by atoms with van der Waals surface area (Å²) >= 11 is 1.26. The number of nitrogens with zero attached hydrogens (tertiary/aromatic N) is 2. The number of carboxylic acids is 1. The minimum Gasteiger partial charge on any atom is -1.00 e. The Bertz CT molecular complexity index is 525. The second-order valence-electron chi connectivity index (χ2n) is 5.46. The molecule has 2 heterocycles. The van der Waals surface area contributed by atoms with Crippen molar-refractivity contribution in [3.8, 4) is 0 Å². The summed E-state index contributed by atoms with van der Waals surface area (Å²) in [5, 5.41) is 11.6. The van der Waals surface area contributed by atoms with Crippen LogP contribution in [0.25, 0.3) is 0 Å². The third-order valence-electron chi connectivity index (χ3n) is 3.68. The molecule has 0 radical (unpaired) electrons. The second kappa shape index (κ2) is 7.73. The van der Waals surface area contributed by atoms with E-state index in [1.54, 1.807) is 0 Å². The molecule has 0 bridgehead atoms. The number of carboxylic acid groups (broad SMARTS) is 1. The average molecular weight is 355 g/mol. The first kappa shape index (κ1) is 20.1. The summed E-state index contributed by atoms with van der Waals surface area (Å²) in [5.74, 6) is -1.26. The van der Waals surface area contributed by atoms with Crippen LogP contribution in [-0.2, 0) is 19.1 Å². The molecule has 2 aliphatic rings. The van der Waals surface area contributed by atoms with E-state index in [9.17, 15) is 24.3 Å². The summed E-state index contributed by atoms with van der Waals surface area (Å²) in [6.45, 7) is -0.356. The van der Waals surface area contributed by atoms with Crippen LogP contribution in [0.15, 0.2) is 0 Å². The Morgan fingerprint density at radius 1 is 1.61 bits per heavy atom. The maximum absolute atomic E-state index is 11.9. The van der Waals surface area contributed by atoms with Crippen LogP contribution in [0.3, 0.4) is 0 Å². The van der Waals surface area contributed by atoms with Crippen LogP contribution < -0.4 is 34.9 Å². The maximum Gasteiger partial charge on any atom is 1.00 e. The number of hydrogen-bond donors (Lipinski definition) is 2. The zero-order valence-corrected chi connectivity index (χ0v) is 16.0. The largest absolute Gasteiger partial charge is 1.00 e. The van der Waals surface area contributed by atoms with Crippen LogP contribution in [0.5, 0.6) is 0 Å². The van der Waals surface area contributed by atoms with Crippen LogP contribution in [0.2, 0.25) is 0 Å². The normalized spacial score (nSPS) is 28.6. The Morgan fingerprint density at radius 2 is 2.26 bits per heavy atom. The van der Waals surface area contributed by atoms with Crippen LogP contribution in [0.4, 0.5) is 4.79 Å². The molecule has 2 N–H and O–H groups in total. The molecule has 0 saturated carbocycles. The molecule has 0 spiro atoms. The summed E-state index contributed by atoms with van der Waals surface area (Å²) in [6.07, 6.45) is -0.179. The van der Waals surface area contributed by atoms with Gasteiger partial charge in [0.05, 0.1) is 0 Å².